The molecule has 0 saturated carbocycles. The summed E-state index contributed by atoms with van der Waals surface area (Å²) in [6, 6.07) is 5.74. The van der Waals surface area contributed by atoms with Gasteiger partial charge in [0.25, 0.3) is 0 Å². The maximum atomic E-state index is 8.97. The molecule has 0 aliphatic carbocycles. The summed E-state index contributed by atoms with van der Waals surface area (Å²) in [5.41, 5.74) is 7.38. The van der Waals surface area contributed by atoms with Gasteiger partial charge in [0.15, 0.2) is 0 Å². The van der Waals surface area contributed by atoms with Crippen LogP contribution in [0.1, 0.15) is 11.1 Å². The Labute approximate surface area is 78.1 Å². The van der Waals surface area contributed by atoms with E-state index >= 15 is 0 Å². The monoisotopic (exact) mass is 181 g/mol. The van der Waals surface area contributed by atoms with E-state index in [4.69, 9.17) is 15.6 Å². The standard InChI is InChI=1S/C10H15NO2/c1-13-10-6-8(4-5-11)2-3-9(10)7-12/h2-3,6,12H,4-5,7,11H2,1H3. The van der Waals surface area contributed by atoms with E-state index in [1.165, 1.54) is 0 Å². The molecule has 0 atom stereocenters. The molecule has 0 heterocycles. The van der Waals surface area contributed by atoms with Crippen LogP contribution in [0.2, 0.25) is 0 Å². The van der Waals surface area contributed by atoms with Crippen LogP contribution in [0, 0.1) is 0 Å². The summed E-state index contributed by atoms with van der Waals surface area (Å²) in [7, 11) is 1.60. The first-order valence-electron chi connectivity index (χ1n) is 4.28. The fourth-order valence-electron chi connectivity index (χ4n) is 1.24. The first kappa shape index (κ1) is 10.0. The molecular formula is C10H15NO2. The zero-order valence-corrected chi connectivity index (χ0v) is 7.79. The maximum absolute atomic E-state index is 8.97. The Morgan fingerprint density at radius 1 is 1.46 bits per heavy atom. The van der Waals surface area contributed by atoms with E-state index in [9.17, 15) is 0 Å². The predicted octanol–water partition coefficient (Wildman–Crippen LogP) is 0.689. The Kier molecular flexibility index (Phi) is 3.73. The second-order valence-electron chi connectivity index (χ2n) is 2.84. The van der Waals surface area contributed by atoms with Crippen LogP contribution in [0.25, 0.3) is 0 Å². The Hall–Kier alpha value is -1.06. The Balaban J connectivity index is 2.91. The van der Waals surface area contributed by atoms with E-state index in [-0.39, 0.29) is 6.61 Å². The van der Waals surface area contributed by atoms with Crippen LogP contribution >= 0.6 is 0 Å². The van der Waals surface area contributed by atoms with Crippen LogP contribution in [-0.2, 0) is 13.0 Å². The van der Waals surface area contributed by atoms with Gasteiger partial charge in [0, 0.05) is 5.56 Å². The van der Waals surface area contributed by atoms with Crippen LogP contribution in [0.15, 0.2) is 18.2 Å². The summed E-state index contributed by atoms with van der Waals surface area (Å²) in [6.45, 7) is 0.633. The molecule has 3 N–H and O–H groups in total. The molecule has 0 unspecified atom stereocenters. The lowest BCUT2D eigenvalue weighted by Crippen LogP contribution is -2.03. The highest BCUT2D eigenvalue weighted by Gasteiger charge is 2.02. The highest BCUT2D eigenvalue weighted by Crippen LogP contribution is 2.20. The zero-order chi connectivity index (χ0) is 9.68. The fraction of sp³-hybridized carbons (Fsp3) is 0.400. The minimum atomic E-state index is 0.00603. The molecule has 3 nitrogen and oxygen atoms in total. The molecule has 0 aromatic heterocycles. The lowest BCUT2D eigenvalue weighted by Gasteiger charge is -2.07. The topological polar surface area (TPSA) is 55.5 Å². The van der Waals surface area contributed by atoms with E-state index in [2.05, 4.69) is 0 Å². The van der Waals surface area contributed by atoms with Crippen molar-refractivity contribution in [3.8, 4) is 5.75 Å². The van der Waals surface area contributed by atoms with Crippen molar-refractivity contribution in [1.29, 1.82) is 0 Å². The summed E-state index contributed by atoms with van der Waals surface area (Å²) in [6.07, 6.45) is 0.835. The van der Waals surface area contributed by atoms with Crippen molar-refractivity contribution < 1.29 is 9.84 Å². The first-order chi connectivity index (χ1) is 6.31. The Morgan fingerprint density at radius 3 is 2.77 bits per heavy atom. The summed E-state index contributed by atoms with van der Waals surface area (Å²) >= 11 is 0. The number of hydrogen-bond acceptors (Lipinski definition) is 3. The van der Waals surface area contributed by atoms with Crippen LogP contribution in [0.3, 0.4) is 0 Å². The number of aliphatic hydroxyl groups is 1. The van der Waals surface area contributed by atoms with Gasteiger partial charge in [-0.25, -0.2) is 0 Å². The summed E-state index contributed by atoms with van der Waals surface area (Å²) in [4.78, 5) is 0. The van der Waals surface area contributed by atoms with Gasteiger partial charge >= 0.3 is 0 Å². The molecule has 1 aromatic carbocycles. The van der Waals surface area contributed by atoms with E-state index in [1.54, 1.807) is 7.11 Å². The molecule has 0 radical (unpaired) electrons. The van der Waals surface area contributed by atoms with Gasteiger partial charge in [-0.3, -0.25) is 0 Å². The van der Waals surface area contributed by atoms with E-state index in [1.807, 2.05) is 18.2 Å². The van der Waals surface area contributed by atoms with Gasteiger partial charge in [0.1, 0.15) is 5.75 Å². The summed E-state index contributed by atoms with van der Waals surface area (Å²) in [5, 5.41) is 8.97. The highest BCUT2D eigenvalue weighted by atomic mass is 16.5. The maximum Gasteiger partial charge on any atom is 0.124 e. The zero-order valence-electron chi connectivity index (χ0n) is 7.79. The molecule has 3 heteroatoms. The number of hydrogen-bond donors (Lipinski definition) is 2. The quantitative estimate of drug-likeness (QED) is 0.718. The SMILES string of the molecule is COc1cc(CCN)ccc1CO. The first-order valence-corrected chi connectivity index (χ1v) is 4.28. The average molecular weight is 181 g/mol. The average Bonchev–Trinajstić information content (AvgIpc) is 2.18. The largest absolute Gasteiger partial charge is 0.496 e. The van der Waals surface area contributed by atoms with Crippen molar-refractivity contribution in [3.63, 3.8) is 0 Å². The Morgan fingerprint density at radius 2 is 2.23 bits per heavy atom. The molecule has 13 heavy (non-hydrogen) atoms. The molecular weight excluding hydrogens is 166 g/mol. The van der Waals surface area contributed by atoms with Crippen molar-refractivity contribution in [1.82, 2.24) is 0 Å². The number of methoxy groups -OCH3 is 1. The lowest BCUT2D eigenvalue weighted by molar-refractivity contribution is 0.273. The van der Waals surface area contributed by atoms with Crippen molar-refractivity contribution in [3.05, 3.63) is 29.3 Å². The molecule has 0 aliphatic heterocycles. The minimum absolute atomic E-state index is 0.00603. The van der Waals surface area contributed by atoms with Crippen LogP contribution < -0.4 is 10.5 Å². The van der Waals surface area contributed by atoms with E-state index < -0.39 is 0 Å². The van der Waals surface area contributed by atoms with Crippen molar-refractivity contribution in [2.45, 2.75) is 13.0 Å². The number of benzene rings is 1. The molecule has 72 valence electrons. The van der Waals surface area contributed by atoms with E-state index in [0.717, 1.165) is 23.3 Å². The molecule has 0 aliphatic rings. The number of aliphatic hydroxyl groups excluding tert-OH is 1. The third-order valence-corrected chi connectivity index (χ3v) is 1.95. The van der Waals surface area contributed by atoms with Gasteiger partial charge in [-0.05, 0) is 24.6 Å². The lowest BCUT2D eigenvalue weighted by atomic mass is 10.1. The van der Waals surface area contributed by atoms with Crippen molar-refractivity contribution in [2.24, 2.45) is 5.73 Å². The van der Waals surface area contributed by atoms with Gasteiger partial charge in [0.2, 0.25) is 0 Å². The number of nitrogens with two attached hydrogens (primary N) is 1. The van der Waals surface area contributed by atoms with Crippen molar-refractivity contribution in [2.75, 3.05) is 13.7 Å². The van der Waals surface area contributed by atoms with Gasteiger partial charge in [0.05, 0.1) is 13.7 Å². The van der Waals surface area contributed by atoms with Gasteiger partial charge < -0.3 is 15.6 Å². The molecule has 1 rings (SSSR count). The third kappa shape index (κ3) is 2.44. The van der Waals surface area contributed by atoms with Crippen LogP contribution in [-0.4, -0.2) is 18.8 Å². The molecule has 0 saturated heterocycles. The fourth-order valence-corrected chi connectivity index (χ4v) is 1.24. The molecule has 0 bridgehead atoms. The normalized spacial score (nSPS) is 10.1. The Bertz CT molecular complexity index is 274. The van der Waals surface area contributed by atoms with Gasteiger partial charge in [-0.15, -0.1) is 0 Å². The van der Waals surface area contributed by atoms with Gasteiger partial charge in [-0.2, -0.15) is 0 Å². The highest BCUT2D eigenvalue weighted by molar-refractivity contribution is 5.37. The smallest absolute Gasteiger partial charge is 0.124 e. The number of rotatable bonds is 4. The third-order valence-electron chi connectivity index (χ3n) is 1.95. The predicted molar refractivity (Wildman–Crippen MR) is 51.7 cm³/mol. The van der Waals surface area contributed by atoms with Crippen LogP contribution in [0.4, 0.5) is 0 Å². The molecule has 1 aromatic rings. The number of ether oxygens (including phenoxy) is 1. The molecule has 0 spiro atoms. The summed E-state index contributed by atoms with van der Waals surface area (Å²) < 4.78 is 5.12. The second kappa shape index (κ2) is 4.84. The molecule has 0 fully saturated rings. The van der Waals surface area contributed by atoms with Crippen molar-refractivity contribution >= 4 is 0 Å². The van der Waals surface area contributed by atoms with Crippen LogP contribution in [0.5, 0.6) is 5.75 Å². The second-order valence-corrected chi connectivity index (χ2v) is 2.84. The van der Waals surface area contributed by atoms with Gasteiger partial charge in [-0.1, -0.05) is 12.1 Å². The summed E-state index contributed by atoms with van der Waals surface area (Å²) in [5.74, 6) is 0.730. The van der Waals surface area contributed by atoms with E-state index in [0.29, 0.717) is 6.54 Å². The molecule has 0 amide bonds. The minimum Gasteiger partial charge on any atom is -0.496 e.